The normalized spacial score (nSPS) is 54.5. The molecule has 0 amide bonds. The Morgan fingerprint density at radius 3 is 2.64 bits per heavy atom. The molecule has 0 aromatic rings. The number of ether oxygens (including phenoxy) is 1. The van der Waals surface area contributed by atoms with Gasteiger partial charge in [-0.2, -0.15) is 0 Å². The summed E-state index contributed by atoms with van der Waals surface area (Å²) in [5.41, 5.74) is 1.85. The molecule has 1 saturated heterocycles. The molecule has 3 nitrogen and oxygen atoms in total. The molecule has 4 aliphatic carbocycles. The second-order valence-corrected chi connectivity index (χ2v) is 10.1. The molecule has 25 heavy (non-hydrogen) atoms. The molecular weight excluding hydrogens is 312 g/mol. The second kappa shape index (κ2) is 5.12. The van der Waals surface area contributed by atoms with Crippen LogP contribution in [0.5, 0.6) is 0 Å². The Bertz CT molecular complexity index is 639. The molecule has 138 valence electrons. The van der Waals surface area contributed by atoms with Crippen molar-refractivity contribution in [3.63, 3.8) is 0 Å². The third-order valence-electron chi connectivity index (χ3n) is 9.41. The van der Waals surface area contributed by atoms with Gasteiger partial charge in [-0.15, -0.1) is 0 Å². The molecule has 0 bridgehead atoms. The summed E-state index contributed by atoms with van der Waals surface area (Å²) in [4.78, 5) is 11.9. The Kier molecular flexibility index (Phi) is 3.35. The average Bonchev–Trinajstić information content (AvgIpc) is 3.10. The van der Waals surface area contributed by atoms with Crippen molar-refractivity contribution in [1.29, 1.82) is 0 Å². The Labute approximate surface area is 151 Å². The van der Waals surface area contributed by atoms with Crippen LogP contribution < -0.4 is 0 Å². The quantitative estimate of drug-likeness (QED) is 0.524. The summed E-state index contributed by atoms with van der Waals surface area (Å²) >= 11 is 0. The lowest BCUT2D eigenvalue weighted by Crippen LogP contribution is -2.54. The number of fused-ring (bicyclic) bond motifs is 6. The lowest BCUT2D eigenvalue weighted by atomic mass is 9.47. The molecule has 1 spiro atoms. The summed E-state index contributed by atoms with van der Waals surface area (Å²) in [6, 6.07) is 0. The number of aliphatic hydroxyl groups excluding tert-OH is 1. The zero-order valence-corrected chi connectivity index (χ0v) is 15.7. The van der Waals surface area contributed by atoms with Crippen LogP contribution in [0.4, 0.5) is 0 Å². The number of rotatable bonds is 0. The van der Waals surface area contributed by atoms with Crippen molar-refractivity contribution >= 4 is 5.97 Å². The first kappa shape index (κ1) is 16.4. The molecule has 5 rings (SSSR count). The standard InChI is InChI=1S/C22H32O3/c1-20-9-5-15(23)13-14(20)3-4-16-17(20)6-10-21(2)18(16)7-11-22(21)12-8-19(24)25-22/h3,15-18,23H,4-13H2,1-2H3/t15-,16+,17-,18+,20+,21+,22-/m1/s1. The molecule has 5 aliphatic rings. The predicted octanol–water partition coefficient (Wildman–Crippen LogP) is 4.39. The highest BCUT2D eigenvalue weighted by molar-refractivity contribution is 5.72. The lowest BCUT2D eigenvalue weighted by molar-refractivity contribution is -0.167. The molecule has 3 heteroatoms. The van der Waals surface area contributed by atoms with E-state index in [1.54, 1.807) is 0 Å². The van der Waals surface area contributed by atoms with Gasteiger partial charge in [0.05, 0.1) is 6.10 Å². The largest absolute Gasteiger partial charge is 0.458 e. The average molecular weight is 344 g/mol. The Morgan fingerprint density at radius 2 is 1.88 bits per heavy atom. The van der Waals surface area contributed by atoms with E-state index in [2.05, 4.69) is 19.9 Å². The Hall–Kier alpha value is -0.830. The fourth-order valence-corrected chi connectivity index (χ4v) is 7.94. The van der Waals surface area contributed by atoms with Gasteiger partial charge in [-0.05, 0) is 81.0 Å². The fraction of sp³-hybridized carbons (Fsp3) is 0.864. The van der Waals surface area contributed by atoms with Crippen molar-refractivity contribution in [2.24, 2.45) is 28.6 Å². The van der Waals surface area contributed by atoms with Crippen LogP contribution in [0.25, 0.3) is 0 Å². The second-order valence-electron chi connectivity index (χ2n) is 10.1. The fourth-order valence-electron chi connectivity index (χ4n) is 7.94. The van der Waals surface area contributed by atoms with Crippen LogP contribution in [0, 0.1) is 28.6 Å². The van der Waals surface area contributed by atoms with Crippen molar-refractivity contribution in [2.75, 3.05) is 0 Å². The van der Waals surface area contributed by atoms with E-state index in [1.165, 1.54) is 31.3 Å². The monoisotopic (exact) mass is 344 g/mol. The molecule has 1 heterocycles. The minimum absolute atomic E-state index is 0.0306. The SMILES string of the molecule is C[C@]12CC[C@@H](O)CC1=CC[C@H]1[C@H]2CC[C@@]2(C)[C@H]1CC[C@@]21CCC(=O)O1. The van der Waals surface area contributed by atoms with Gasteiger partial charge < -0.3 is 9.84 Å². The summed E-state index contributed by atoms with van der Waals surface area (Å²) in [5, 5.41) is 10.1. The molecule has 1 aliphatic heterocycles. The number of hydrogen-bond donors (Lipinski definition) is 1. The van der Waals surface area contributed by atoms with Crippen LogP contribution in [0.1, 0.15) is 78.1 Å². The number of hydrogen-bond acceptors (Lipinski definition) is 3. The molecule has 4 fully saturated rings. The Morgan fingerprint density at radius 1 is 1.08 bits per heavy atom. The maximum absolute atomic E-state index is 11.9. The van der Waals surface area contributed by atoms with Crippen LogP contribution in [-0.2, 0) is 9.53 Å². The highest BCUT2D eigenvalue weighted by atomic mass is 16.6. The van der Waals surface area contributed by atoms with Gasteiger partial charge >= 0.3 is 5.97 Å². The number of carbonyl (C=O) groups excluding carboxylic acids is 1. The molecule has 0 unspecified atom stereocenters. The van der Waals surface area contributed by atoms with E-state index in [9.17, 15) is 9.90 Å². The topological polar surface area (TPSA) is 46.5 Å². The maximum Gasteiger partial charge on any atom is 0.306 e. The summed E-state index contributed by atoms with van der Waals surface area (Å²) in [7, 11) is 0. The number of allylic oxidation sites excluding steroid dienone is 1. The highest BCUT2D eigenvalue weighted by Crippen LogP contribution is 2.69. The highest BCUT2D eigenvalue weighted by Gasteiger charge is 2.66. The van der Waals surface area contributed by atoms with Gasteiger partial charge in [0.1, 0.15) is 5.60 Å². The van der Waals surface area contributed by atoms with E-state index >= 15 is 0 Å². The molecule has 0 aromatic heterocycles. The van der Waals surface area contributed by atoms with Crippen LogP contribution in [0.3, 0.4) is 0 Å². The number of aliphatic hydroxyl groups is 1. The van der Waals surface area contributed by atoms with Crippen molar-refractivity contribution in [3.05, 3.63) is 11.6 Å². The van der Waals surface area contributed by atoms with Gasteiger partial charge in [0, 0.05) is 11.8 Å². The van der Waals surface area contributed by atoms with Gasteiger partial charge in [-0.3, -0.25) is 4.79 Å². The molecule has 0 aromatic carbocycles. The maximum atomic E-state index is 11.9. The minimum atomic E-state index is -0.159. The van der Waals surface area contributed by atoms with E-state index < -0.39 is 0 Å². The number of carbonyl (C=O) groups is 1. The van der Waals surface area contributed by atoms with E-state index in [-0.39, 0.29) is 23.1 Å². The molecule has 7 atom stereocenters. The molecule has 0 radical (unpaired) electrons. The first-order valence-corrected chi connectivity index (χ1v) is 10.5. The third kappa shape index (κ3) is 1.99. The smallest absolute Gasteiger partial charge is 0.306 e. The van der Waals surface area contributed by atoms with E-state index in [4.69, 9.17) is 4.74 Å². The van der Waals surface area contributed by atoms with Crippen molar-refractivity contribution in [1.82, 2.24) is 0 Å². The van der Waals surface area contributed by atoms with Crippen molar-refractivity contribution in [2.45, 2.75) is 89.8 Å². The van der Waals surface area contributed by atoms with Crippen LogP contribution in [0.15, 0.2) is 11.6 Å². The first-order valence-electron chi connectivity index (χ1n) is 10.5. The van der Waals surface area contributed by atoms with E-state index in [0.29, 0.717) is 17.8 Å². The summed E-state index contributed by atoms with van der Waals surface area (Å²) in [6.45, 7) is 4.91. The van der Waals surface area contributed by atoms with Crippen LogP contribution in [0.2, 0.25) is 0 Å². The van der Waals surface area contributed by atoms with E-state index in [1.807, 2.05) is 0 Å². The Balaban J connectivity index is 1.49. The van der Waals surface area contributed by atoms with Crippen LogP contribution in [-0.4, -0.2) is 22.8 Å². The summed E-state index contributed by atoms with van der Waals surface area (Å²) in [6.07, 6.45) is 12.9. The first-order chi connectivity index (χ1) is 11.9. The molecule has 3 saturated carbocycles. The number of esters is 1. The lowest BCUT2D eigenvalue weighted by Gasteiger charge is -2.59. The molecular formula is C22H32O3. The zero-order valence-electron chi connectivity index (χ0n) is 15.7. The summed E-state index contributed by atoms with van der Waals surface area (Å²) < 4.78 is 6.02. The minimum Gasteiger partial charge on any atom is -0.458 e. The van der Waals surface area contributed by atoms with Gasteiger partial charge in [0.25, 0.3) is 0 Å². The van der Waals surface area contributed by atoms with Gasteiger partial charge in [-0.1, -0.05) is 25.5 Å². The van der Waals surface area contributed by atoms with Crippen LogP contribution >= 0.6 is 0 Å². The zero-order chi connectivity index (χ0) is 17.4. The van der Waals surface area contributed by atoms with E-state index in [0.717, 1.165) is 43.9 Å². The van der Waals surface area contributed by atoms with Crippen molar-refractivity contribution in [3.8, 4) is 0 Å². The third-order valence-corrected chi connectivity index (χ3v) is 9.41. The van der Waals surface area contributed by atoms with Gasteiger partial charge in [-0.25, -0.2) is 0 Å². The van der Waals surface area contributed by atoms with Gasteiger partial charge in [0.15, 0.2) is 0 Å². The molecule has 1 N–H and O–H groups in total. The summed E-state index contributed by atoms with van der Waals surface area (Å²) in [5.74, 6) is 2.22. The predicted molar refractivity (Wildman–Crippen MR) is 95.8 cm³/mol. The van der Waals surface area contributed by atoms with Crippen molar-refractivity contribution < 1.29 is 14.6 Å². The van der Waals surface area contributed by atoms with Gasteiger partial charge in [0.2, 0.25) is 0 Å².